The maximum absolute atomic E-state index is 13.3. The van der Waals surface area contributed by atoms with E-state index < -0.39 is 17.7 Å². The molecule has 6 nitrogen and oxygen atoms in total. The molecule has 3 aliphatic rings. The van der Waals surface area contributed by atoms with Crippen LogP contribution in [0.3, 0.4) is 0 Å². The summed E-state index contributed by atoms with van der Waals surface area (Å²) in [4.78, 5) is 32.2. The second-order valence-electron chi connectivity index (χ2n) is 6.92. The van der Waals surface area contributed by atoms with Crippen LogP contribution < -0.4 is 10.1 Å². The lowest BCUT2D eigenvalue weighted by molar-refractivity contribution is -0.139. The quantitative estimate of drug-likeness (QED) is 0.871. The first-order valence-electron chi connectivity index (χ1n) is 8.75. The zero-order chi connectivity index (χ0) is 18.6. The molecule has 2 amide bonds. The number of nitrogens with one attached hydrogen (secondary N) is 1. The molecule has 7 heteroatoms. The van der Waals surface area contributed by atoms with Crippen LogP contribution in [0.25, 0.3) is 0 Å². The normalized spacial score (nSPS) is 28.0. The van der Waals surface area contributed by atoms with E-state index in [4.69, 9.17) is 9.73 Å². The summed E-state index contributed by atoms with van der Waals surface area (Å²) in [5.41, 5.74) is 0.474. The SMILES string of the molecule is C[C@@]12N=C3SCC(=O)N3[C@H](c3ccccc3O1)[C@H]2C(=O)Nc1ccccc1. The first-order chi connectivity index (χ1) is 13.1. The Balaban J connectivity index is 1.63. The van der Waals surface area contributed by atoms with Crippen molar-refractivity contribution in [3.05, 3.63) is 60.2 Å². The number of carbonyl (C=O) groups is 2. The third-order valence-corrected chi connectivity index (χ3v) is 6.10. The predicted molar refractivity (Wildman–Crippen MR) is 104 cm³/mol. The summed E-state index contributed by atoms with van der Waals surface area (Å²) >= 11 is 1.40. The summed E-state index contributed by atoms with van der Waals surface area (Å²) in [6, 6.07) is 16.4. The summed E-state index contributed by atoms with van der Waals surface area (Å²) in [5.74, 6) is 0.108. The lowest BCUT2D eigenvalue weighted by atomic mass is 9.79. The molecule has 1 N–H and O–H groups in total. The highest BCUT2D eigenvalue weighted by molar-refractivity contribution is 8.15. The van der Waals surface area contributed by atoms with Gasteiger partial charge in [0.1, 0.15) is 11.7 Å². The van der Waals surface area contributed by atoms with Crippen molar-refractivity contribution in [2.24, 2.45) is 10.9 Å². The number of anilines is 1. The Morgan fingerprint density at radius 1 is 1.22 bits per heavy atom. The smallest absolute Gasteiger partial charge is 0.239 e. The number of amidine groups is 1. The standard InChI is InChI=1S/C20H17N3O3S/c1-20-16(18(25)21-12-7-3-2-4-8-12)17(13-9-5-6-10-14(13)26-20)23-15(24)11-27-19(23)22-20/h2-10,16-17H,11H2,1H3,(H,21,25)/t16-,17+,20+/m0/s1. The number of rotatable bonds is 2. The van der Waals surface area contributed by atoms with Gasteiger partial charge in [-0.15, -0.1) is 0 Å². The van der Waals surface area contributed by atoms with Crippen molar-refractivity contribution in [2.75, 3.05) is 11.1 Å². The predicted octanol–water partition coefficient (Wildman–Crippen LogP) is 3.04. The number of amides is 2. The molecule has 0 radical (unpaired) electrons. The van der Waals surface area contributed by atoms with Gasteiger partial charge in [0.05, 0.1) is 11.8 Å². The van der Waals surface area contributed by atoms with Crippen LogP contribution in [-0.4, -0.2) is 33.4 Å². The Morgan fingerprint density at radius 2 is 1.96 bits per heavy atom. The van der Waals surface area contributed by atoms with Crippen LogP contribution in [0.15, 0.2) is 59.6 Å². The highest BCUT2D eigenvalue weighted by Gasteiger charge is 2.59. The molecular weight excluding hydrogens is 362 g/mol. The van der Waals surface area contributed by atoms with Gasteiger partial charge in [-0.05, 0) is 25.1 Å². The minimum absolute atomic E-state index is 0.0278. The average Bonchev–Trinajstić information content (AvgIpc) is 3.01. The molecule has 2 bridgehead atoms. The van der Waals surface area contributed by atoms with Crippen molar-refractivity contribution in [2.45, 2.75) is 18.7 Å². The van der Waals surface area contributed by atoms with Gasteiger partial charge in [0.25, 0.3) is 0 Å². The van der Waals surface area contributed by atoms with Crippen LogP contribution in [0.1, 0.15) is 18.5 Å². The van der Waals surface area contributed by atoms with Gasteiger partial charge < -0.3 is 10.1 Å². The van der Waals surface area contributed by atoms with Crippen LogP contribution in [0, 0.1) is 5.92 Å². The Hall–Kier alpha value is -2.80. The molecule has 136 valence electrons. The molecule has 0 aliphatic carbocycles. The van der Waals surface area contributed by atoms with Crippen LogP contribution in [0.2, 0.25) is 0 Å². The lowest BCUT2D eigenvalue weighted by Gasteiger charge is -2.49. The Kier molecular flexibility index (Phi) is 3.55. The molecule has 0 aromatic heterocycles. The molecule has 0 saturated carbocycles. The molecule has 1 fully saturated rings. The summed E-state index contributed by atoms with van der Waals surface area (Å²) in [7, 11) is 0. The van der Waals surface area contributed by atoms with Crippen molar-refractivity contribution < 1.29 is 14.3 Å². The highest BCUT2D eigenvalue weighted by Crippen LogP contribution is 2.52. The van der Waals surface area contributed by atoms with Crippen LogP contribution in [0.4, 0.5) is 5.69 Å². The molecule has 5 rings (SSSR count). The van der Waals surface area contributed by atoms with E-state index in [0.29, 0.717) is 22.4 Å². The minimum atomic E-state index is -1.07. The Bertz CT molecular complexity index is 977. The van der Waals surface area contributed by atoms with Gasteiger partial charge in [-0.3, -0.25) is 14.5 Å². The monoisotopic (exact) mass is 379 g/mol. The molecule has 3 atom stereocenters. The topological polar surface area (TPSA) is 71.0 Å². The van der Waals surface area contributed by atoms with Crippen molar-refractivity contribution in [3.8, 4) is 5.75 Å². The van der Waals surface area contributed by atoms with Crippen molar-refractivity contribution >= 4 is 34.4 Å². The summed E-state index contributed by atoms with van der Waals surface area (Å²) < 4.78 is 6.21. The first-order valence-corrected chi connectivity index (χ1v) is 9.74. The largest absolute Gasteiger partial charge is 0.465 e. The molecule has 3 heterocycles. The van der Waals surface area contributed by atoms with Gasteiger partial charge in [-0.25, -0.2) is 4.99 Å². The third kappa shape index (κ3) is 2.45. The summed E-state index contributed by atoms with van der Waals surface area (Å²) in [5, 5.41) is 3.59. The van der Waals surface area contributed by atoms with Crippen LogP contribution in [-0.2, 0) is 9.59 Å². The number of para-hydroxylation sites is 2. The Morgan fingerprint density at radius 3 is 2.78 bits per heavy atom. The Labute approximate surface area is 160 Å². The zero-order valence-corrected chi connectivity index (χ0v) is 15.4. The molecular formula is C20H17N3O3S. The van der Waals surface area contributed by atoms with E-state index in [1.54, 1.807) is 4.90 Å². The number of hydrogen-bond acceptors (Lipinski definition) is 5. The van der Waals surface area contributed by atoms with Gasteiger partial charge in [0, 0.05) is 11.3 Å². The highest BCUT2D eigenvalue weighted by atomic mass is 32.2. The number of thioether (sulfide) groups is 1. The molecule has 2 aromatic carbocycles. The molecule has 0 unspecified atom stereocenters. The van der Waals surface area contributed by atoms with E-state index in [1.807, 2.05) is 61.5 Å². The maximum Gasteiger partial charge on any atom is 0.239 e. The lowest BCUT2D eigenvalue weighted by Crippen LogP contribution is -2.59. The number of aliphatic imine (C=N–C) groups is 1. The van der Waals surface area contributed by atoms with Crippen molar-refractivity contribution in [3.63, 3.8) is 0 Å². The van der Waals surface area contributed by atoms with E-state index in [-0.39, 0.29) is 11.8 Å². The fourth-order valence-corrected chi connectivity index (χ4v) is 5.00. The van der Waals surface area contributed by atoms with Gasteiger partial charge in [-0.1, -0.05) is 48.2 Å². The van der Waals surface area contributed by atoms with Gasteiger partial charge in [0.2, 0.25) is 17.5 Å². The zero-order valence-electron chi connectivity index (χ0n) is 14.6. The van der Waals surface area contributed by atoms with E-state index in [1.165, 1.54) is 11.8 Å². The average molecular weight is 379 g/mol. The number of benzene rings is 2. The minimum Gasteiger partial charge on any atom is -0.465 e. The third-order valence-electron chi connectivity index (χ3n) is 5.17. The second kappa shape index (κ2) is 5.85. The number of ether oxygens (including phenoxy) is 1. The summed E-state index contributed by atoms with van der Waals surface area (Å²) in [6.07, 6.45) is 0. The number of hydrogen-bond donors (Lipinski definition) is 1. The molecule has 0 spiro atoms. The fraction of sp³-hybridized carbons (Fsp3) is 0.250. The number of fused-ring (bicyclic) bond motifs is 6. The van der Waals surface area contributed by atoms with E-state index in [0.717, 1.165) is 5.56 Å². The number of carbonyl (C=O) groups excluding carboxylic acids is 2. The van der Waals surface area contributed by atoms with Crippen LogP contribution >= 0.6 is 11.8 Å². The molecule has 1 saturated heterocycles. The van der Waals surface area contributed by atoms with E-state index in [9.17, 15) is 9.59 Å². The number of nitrogens with zero attached hydrogens (tertiary/aromatic N) is 2. The molecule has 27 heavy (non-hydrogen) atoms. The molecule has 3 aliphatic heterocycles. The van der Waals surface area contributed by atoms with Crippen molar-refractivity contribution in [1.82, 2.24) is 4.90 Å². The van der Waals surface area contributed by atoms with E-state index in [2.05, 4.69) is 5.32 Å². The van der Waals surface area contributed by atoms with E-state index >= 15 is 0 Å². The summed E-state index contributed by atoms with van der Waals surface area (Å²) in [6.45, 7) is 1.82. The van der Waals surface area contributed by atoms with Crippen molar-refractivity contribution in [1.29, 1.82) is 0 Å². The first kappa shape index (κ1) is 16.4. The van der Waals surface area contributed by atoms with Gasteiger partial charge >= 0.3 is 0 Å². The van der Waals surface area contributed by atoms with Crippen LogP contribution in [0.5, 0.6) is 5.75 Å². The van der Waals surface area contributed by atoms with Gasteiger partial charge in [-0.2, -0.15) is 0 Å². The molecule has 2 aromatic rings. The maximum atomic E-state index is 13.3. The second-order valence-corrected chi connectivity index (χ2v) is 7.86. The fourth-order valence-electron chi connectivity index (χ4n) is 4.01. The van der Waals surface area contributed by atoms with Gasteiger partial charge in [0.15, 0.2) is 5.17 Å².